The van der Waals surface area contributed by atoms with Crippen molar-refractivity contribution < 1.29 is 4.74 Å². The van der Waals surface area contributed by atoms with E-state index in [1.807, 2.05) is 54.7 Å². The number of benzene rings is 4. The maximum atomic E-state index is 6.71. The predicted molar refractivity (Wildman–Crippen MR) is 163 cm³/mol. The maximum absolute atomic E-state index is 6.71. The molecule has 5 nitrogen and oxygen atoms in total. The highest BCUT2D eigenvalue weighted by Crippen LogP contribution is 2.44. The molecule has 0 aliphatic carbocycles. The van der Waals surface area contributed by atoms with Crippen LogP contribution in [-0.4, -0.2) is 23.6 Å². The molecule has 1 aliphatic rings. The van der Waals surface area contributed by atoms with E-state index in [1.165, 1.54) is 15.5 Å². The molecule has 6 heteroatoms. The minimum atomic E-state index is 0.773. The molecule has 190 valence electrons. The molecular formula is C33H26N4OS. The fraction of sp³-hybridized carbons (Fsp3) is 0.0606. The fourth-order valence-corrected chi connectivity index (χ4v) is 6.14. The van der Waals surface area contributed by atoms with Gasteiger partial charge in [-0.3, -0.25) is 4.90 Å². The van der Waals surface area contributed by atoms with E-state index in [2.05, 4.69) is 99.8 Å². The van der Waals surface area contributed by atoms with Crippen molar-refractivity contribution in [2.24, 2.45) is 0 Å². The highest BCUT2D eigenvalue weighted by Gasteiger charge is 2.19. The lowest BCUT2D eigenvalue weighted by Crippen LogP contribution is -2.21. The van der Waals surface area contributed by atoms with E-state index >= 15 is 0 Å². The largest absolute Gasteiger partial charge is 0.456 e. The average molecular weight is 527 g/mol. The molecule has 0 saturated carbocycles. The van der Waals surface area contributed by atoms with Crippen LogP contribution in [0.5, 0.6) is 11.5 Å². The number of hydrogen-bond acceptors (Lipinski definition) is 6. The highest BCUT2D eigenvalue weighted by molar-refractivity contribution is 7.26. The molecule has 39 heavy (non-hydrogen) atoms. The SMILES string of the molecule is CN1C=CN(c2cc(Oc3cccc(N(c4ccccc4)c4ccccn4)c3)c3sc4ccccc4c3c2)C1. The number of ether oxygens (including phenoxy) is 1. The van der Waals surface area contributed by atoms with E-state index in [9.17, 15) is 0 Å². The second-order valence-electron chi connectivity index (χ2n) is 9.54. The standard InChI is InChI=1S/C33H26N4OS/c1-35-18-19-36(23-35)26-21-29-28-14-5-6-15-31(28)39-33(29)30(22-26)38-27-13-9-12-25(20-27)37(24-10-3-2-4-11-24)32-16-7-8-17-34-32/h2-22H,23H2,1H3. The van der Waals surface area contributed by atoms with Gasteiger partial charge in [-0.1, -0.05) is 48.5 Å². The summed E-state index contributed by atoms with van der Waals surface area (Å²) < 4.78 is 9.11. The minimum Gasteiger partial charge on any atom is -0.456 e. The quantitative estimate of drug-likeness (QED) is 0.216. The van der Waals surface area contributed by atoms with E-state index < -0.39 is 0 Å². The van der Waals surface area contributed by atoms with Crippen molar-refractivity contribution in [1.82, 2.24) is 9.88 Å². The van der Waals surface area contributed by atoms with Crippen LogP contribution in [0.15, 0.2) is 128 Å². The lowest BCUT2D eigenvalue weighted by Gasteiger charge is -2.24. The fourth-order valence-electron chi connectivity index (χ4n) is 5.01. The summed E-state index contributed by atoms with van der Waals surface area (Å²) in [4.78, 5) is 11.2. The molecule has 0 atom stereocenters. The topological polar surface area (TPSA) is 31.8 Å². The molecule has 3 heterocycles. The molecule has 0 radical (unpaired) electrons. The molecule has 0 unspecified atom stereocenters. The van der Waals surface area contributed by atoms with Gasteiger partial charge in [-0.25, -0.2) is 4.98 Å². The van der Waals surface area contributed by atoms with Crippen molar-refractivity contribution in [3.63, 3.8) is 0 Å². The Hall–Kier alpha value is -4.81. The van der Waals surface area contributed by atoms with Crippen molar-refractivity contribution in [2.45, 2.75) is 0 Å². The number of fused-ring (bicyclic) bond motifs is 3. The first kappa shape index (κ1) is 23.3. The van der Waals surface area contributed by atoms with Gasteiger partial charge in [0.25, 0.3) is 0 Å². The lowest BCUT2D eigenvalue weighted by atomic mass is 10.1. The van der Waals surface area contributed by atoms with Crippen molar-refractivity contribution in [3.05, 3.63) is 128 Å². The van der Waals surface area contributed by atoms with Crippen LogP contribution in [0.1, 0.15) is 0 Å². The Bertz CT molecular complexity index is 1760. The van der Waals surface area contributed by atoms with Gasteiger partial charge in [0.2, 0.25) is 0 Å². The molecule has 2 aromatic heterocycles. The highest BCUT2D eigenvalue weighted by atomic mass is 32.1. The molecule has 0 bridgehead atoms. The first-order valence-corrected chi connectivity index (χ1v) is 13.7. The monoisotopic (exact) mass is 526 g/mol. The van der Waals surface area contributed by atoms with E-state index in [0.29, 0.717) is 0 Å². The normalized spacial score (nSPS) is 12.9. The molecule has 0 saturated heterocycles. The first-order valence-electron chi connectivity index (χ1n) is 12.9. The van der Waals surface area contributed by atoms with Crippen LogP contribution in [-0.2, 0) is 0 Å². The van der Waals surface area contributed by atoms with E-state index in [-0.39, 0.29) is 0 Å². The Morgan fingerprint density at radius 3 is 2.41 bits per heavy atom. The molecule has 1 aliphatic heterocycles. The maximum Gasteiger partial charge on any atom is 0.147 e. The van der Waals surface area contributed by atoms with E-state index in [4.69, 9.17) is 4.74 Å². The van der Waals surface area contributed by atoms with Crippen molar-refractivity contribution >= 4 is 54.4 Å². The number of anilines is 4. The Kier molecular flexibility index (Phi) is 5.87. The molecule has 0 N–H and O–H groups in total. The van der Waals surface area contributed by atoms with Gasteiger partial charge < -0.3 is 14.5 Å². The molecule has 7 rings (SSSR count). The zero-order valence-corrected chi connectivity index (χ0v) is 22.3. The van der Waals surface area contributed by atoms with Gasteiger partial charge in [0.1, 0.15) is 17.3 Å². The first-order chi connectivity index (χ1) is 19.2. The summed E-state index contributed by atoms with van der Waals surface area (Å²) in [6.45, 7) is 0.804. The van der Waals surface area contributed by atoms with Crippen LogP contribution in [0.2, 0.25) is 0 Å². The third kappa shape index (κ3) is 4.45. The van der Waals surface area contributed by atoms with E-state index in [1.54, 1.807) is 11.3 Å². The van der Waals surface area contributed by atoms with Crippen molar-refractivity contribution in [3.8, 4) is 11.5 Å². The van der Waals surface area contributed by atoms with Crippen LogP contribution in [0.25, 0.3) is 20.2 Å². The smallest absolute Gasteiger partial charge is 0.147 e. The second kappa shape index (κ2) is 9.82. The summed E-state index contributed by atoms with van der Waals surface area (Å²) in [7, 11) is 2.08. The van der Waals surface area contributed by atoms with Crippen LogP contribution in [0.4, 0.5) is 22.9 Å². The van der Waals surface area contributed by atoms with E-state index in [0.717, 1.165) is 45.7 Å². The second-order valence-corrected chi connectivity index (χ2v) is 10.6. The van der Waals surface area contributed by atoms with Gasteiger partial charge in [0.15, 0.2) is 0 Å². The van der Waals surface area contributed by atoms with Crippen LogP contribution >= 0.6 is 11.3 Å². The van der Waals surface area contributed by atoms with Gasteiger partial charge >= 0.3 is 0 Å². The van der Waals surface area contributed by atoms with Crippen LogP contribution < -0.4 is 14.5 Å². The Morgan fingerprint density at radius 1 is 0.769 bits per heavy atom. The molecular weight excluding hydrogens is 500 g/mol. The number of pyridine rings is 1. The Labute approximate surface area is 231 Å². The Balaban J connectivity index is 1.33. The Morgan fingerprint density at radius 2 is 1.59 bits per heavy atom. The third-order valence-corrected chi connectivity index (χ3v) is 8.03. The molecule has 0 spiro atoms. The van der Waals surface area contributed by atoms with Crippen LogP contribution in [0, 0.1) is 0 Å². The summed E-state index contributed by atoms with van der Waals surface area (Å²) in [6, 6.07) is 37.5. The predicted octanol–water partition coefficient (Wildman–Crippen LogP) is 8.89. The van der Waals surface area contributed by atoms with Gasteiger partial charge in [0.05, 0.1) is 17.1 Å². The lowest BCUT2D eigenvalue weighted by molar-refractivity contribution is 0.486. The van der Waals surface area contributed by atoms with Gasteiger partial charge in [-0.2, -0.15) is 0 Å². The zero-order valence-electron chi connectivity index (χ0n) is 21.4. The van der Waals surface area contributed by atoms with Crippen molar-refractivity contribution in [1.29, 1.82) is 0 Å². The summed E-state index contributed by atoms with van der Waals surface area (Å²) in [5, 5.41) is 2.46. The van der Waals surface area contributed by atoms with Gasteiger partial charge in [-0.05, 0) is 48.5 Å². The molecule has 0 fully saturated rings. The number of aromatic nitrogens is 1. The minimum absolute atomic E-state index is 0.773. The number of rotatable bonds is 6. The molecule has 0 amide bonds. The van der Waals surface area contributed by atoms with Crippen LogP contribution in [0.3, 0.4) is 0 Å². The van der Waals surface area contributed by atoms with Crippen molar-refractivity contribution in [2.75, 3.05) is 23.5 Å². The summed E-state index contributed by atoms with van der Waals surface area (Å²) in [5.74, 6) is 2.47. The summed E-state index contributed by atoms with van der Waals surface area (Å²) >= 11 is 1.77. The number of hydrogen-bond donors (Lipinski definition) is 0. The average Bonchev–Trinajstić information content (AvgIpc) is 3.58. The zero-order chi connectivity index (χ0) is 26.2. The van der Waals surface area contributed by atoms with Gasteiger partial charge in [-0.15, -0.1) is 11.3 Å². The number of nitrogens with zero attached hydrogens (tertiary/aromatic N) is 4. The molecule has 4 aromatic carbocycles. The van der Waals surface area contributed by atoms with Gasteiger partial charge in [0, 0.05) is 64.6 Å². The number of para-hydroxylation sites is 1. The third-order valence-electron chi connectivity index (χ3n) is 6.83. The molecule has 6 aromatic rings. The summed E-state index contributed by atoms with van der Waals surface area (Å²) in [5.41, 5.74) is 3.12. The number of thiophene rings is 1. The summed E-state index contributed by atoms with van der Waals surface area (Å²) in [6.07, 6.45) is 6.03.